The van der Waals surface area contributed by atoms with Gasteiger partial charge in [0, 0.05) is 39.1 Å². The third-order valence-electron chi connectivity index (χ3n) is 12.2. The molecular formula is C47H82N20O11. The number of phenols is 1. The van der Waals surface area contributed by atoms with E-state index in [0.717, 1.165) is 0 Å². The number of aromatic hydroxyl groups is 1. The molecule has 0 spiro atoms. The maximum Gasteiger partial charge on any atom is 0.326 e. The van der Waals surface area contributed by atoms with Crippen molar-refractivity contribution in [3.05, 3.63) is 29.8 Å². The van der Waals surface area contributed by atoms with Gasteiger partial charge < -0.3 is 104 Å². The van der Waals surface area contributed by atoms with Crippen LogP contribution >= 0.6 is 0 Å². The number of aliphatic imine (C=N–C) groups is 4. The predicted molar refractivity (Wildman–Crippen MR) is 290 cm³/mol. The maximum absolute atomic E-state index is 14.6. The molecule has 0 unspecified atom stereocenters. The molecule has 0 saturated carbocycles. The van der Waals surface area contributed by atoms with Gasteiger partial charge in [-0.3, -0.25) is 53.5 Å². The molecule has 0 aliphatic carbocycles. The Morgan fingerprint density at radius 1 is 0.577 bits per heavy atom. The van der Waals surface area contributed by atoms with Crippen molar-refractivity contribution in [2.24, 2.45) is 77.5 Å². The van der Waals surface area contributed by atoms with Gasteiger partial charge in [-0.05, 0) is 94.7 Å². The fourth-order valence-corrected chi connectivity index (χ4v) is 7.93. The summed E-state index contributed by atoms with van der Waals surface area (Å²) in [4.78, 5) is 127. The molecule has 1 fully saturated rings. The number of aliphatic hydroxyl groups is 1. The van der Waals surface area contributed by atoms with Gasteiger partial charge in [0.05, 0.1) is 12.1 Å². The fourth-order valence-electron chi connectivity index (χ4n) is 7.93. The molecule has 78 heavy (non-hydrogen) atoms. The van der Waals surface area contributed by atoms with Crippen molar-refractivity contribution in [2.45, 2.75) is 146 Å². The SMILES string of the molecule is CC(C)[C@H](N)C(=O)N[C@H](C(=O)N1CCC[C@H]1C(=O)N[C@@H](Cc1ccc(O)cc1)C(=O)N[C@@H](CCCN=C(N)N)C(=O)N[C@@H](CCCN=C(N)N)C(=O)N[C@@H](CCCN=C(N)N)C(=O)N[C@@H](CCCN=C(N)N)C(=O)O)[C@@H](C)O. The first-order valence-electron chi connectivity index (χ1n) is 25.5. The summed E-state index contributed by atoms with van der Waals surface area (Å²) >= 11 is 0. The van der Waals surface area contributed by atoms with Gasteiger partial charge in [0.2, 0.25) is 41.4 Å². The molecule has 1 aliphatic rings. The van der Waals surface area contributed by atoms with Crippen LogP contribution in [0.4, 0.5) is 0 Å². The standard InChI is InChI=1S/C47H82N20O11/c1-24(2)34(48)41(75)66-35(25(3)68)42(76)67-22-8-13-33(67)40(74)65-32(23-26-14-16-27(69)17-15-26)39(73)63-29(10-5-19-58-45(51)52)37(71)61-28(9-4-18-57-44(49)50)36(70)62-30(11-6-20-59-46(53)54)38(72)64-31(43(77)78)12-7-21-60-47(55)56/h14-17,24-25,28-35,68-69H,4-13,18-23,48H2,1-3H3,(H,61,71)(H,62,70)(H,63,73)(H,64,72)(H,65,74)(H,66,75)(H,77,78)(H4,49,50,57)(H4,51,52,58)(H4,53,54,59)(H4,55,56,60)/t25-,28+,29+,30+,31+,32+,33+,34+,35+/m1/s1. The van der Waals surface area contributed by atoms with E-state index in [9.17, 15) is 53.7 Å². The number of guanidine groups is 4. The predicted octanol–water partition coefficient (Wildman–Crippen LogP) is -6.50. The van der Waals surface area contributed by atoms with Crippen LogP contribution in [-0.2, 0) is 44.8 Å². The molecule has 9 atom stereocenters. The number of phenolic OH excluding ortho intramolecular Hbond substituents is 1. The molecule has 0 bridgehead atoms. The van der Waals surface area contributed by atoms with Gasteiger partial charge in [-0.2, -0.15) is 0 Å². The quantitative estimate of drug-likeness (QED) is 0.0173. The van der Waals surface area contributed by atoms with Crippen molar-refractivity contribution in [3.63, 3.8) is 0 Å². The van der Waals surface area contributed by atoms with E-state index in [-0.39, 0.29) is 132 Å². The van der Waals surface area contributed by atoms with Crippen LogP contribution in [0.1, 0.15) is 90.5 Å². The zero-order chi connectivity index (χ0) is 58.6. The smallest absolute Gasteiger partial charge is 0.326 e. The number of rotatable bonds is 34. The first-order valence-corrected chi connectivity index (χ1v) is 25.5. The Morgan fingerprint density at radius 3 is 1.33 bits per heavy atom. The van der Waals surface area contributed by atoms with Crippen molar-refractivity contribution in [1.82, 2.24) is 36.8 Å². The summed E-state index contributed by atoms with van der Waals surface area (Å²) in [6.07, 6.45) is -1.15. The number of likely N-dealkylation sites (tertiary alicyclic amines) is 1. The number of hydrogen-bond acceptors (Lipinski definition) is 15. The normalized spacial score (nSPS) is 16.0. The molecule has 1 aliphatic heterocycles. The van der Waals surface area contributed by atoms with Crippen LogP contribution in [-0.4, -0.2) is 179 Å². The highest BCUT2D eigenvalue weighted by molar-refractivity contribution is 5.98. The monoisotopic (exact) mass is 1100 g/mol. The largest absolute Gasteiger partial charge is 0.508 e. The molecule has 7 amide bonds. The Morgan fingerprint density at radius 2 is 0.962 bits per heavy atom. The highest BCUT2D eigenvalue weighted by Gasteiger charge is 2.41. The second-order valence-corrected chi connectivity index (χ2v) is 19.0. The third kappa shape index (κ3) is 24.2. The van der Waals surface area contributed by atoms with E-state index in [4.69, 9.17) is 51.6 Å². The minimum Gasteiger partial charge on any atom is -0.508 e. The molecular weight excluding hydrogens is 1020 g/mol. The lowest BCUT2D eigenvalue weighted by molar-refractivity contribution is -0.144. The third-order valence-corrected chi connectivity index (χ3v) is 12.2. The number of carboxylic acids is 1. The number of nitrogens with two attached hydrogens (primary N) is 9. The summed E-state index contributed by atoms with van der Waals surface area (Å²) in [5.41, 5.74) is 50.3. The Balaban J connectivity index is 2.57. The molecule has 31 heteroatoms. The van der Waals surface area contributed by atoms with Gasteiger partial charge >= 0.3 is 5.97 Å². The minimum absolute atomic E-state index is 0.00743. The highest BCUT2D eigenvalue weighted by Crippen LogP contribution is 2.21. The van der Waals surface area contributed by atoms with Crippen molar-refractivity contribution < 1.29 is 53.7 Å². The molecule has 0 aromatic heterocycles. The van der Waals surface area contributed by atoms with Crippen LogP contribution in [0.2, 0.25) is 0 Å². The van der Waals surface area contributed by atoms with Crippen LogP contribution in [0.15, 0.2) is 44.2 Å². The number of aliphatic carboxylic acids is 1. The highest BCUT2D eigenvalue weighted by atomic mass is 16.4. The van der Waals surface area contributed by atoms with Gasteiger partial charge in [0.25, 0.3) is 0 Å². The summed E-state index contributed by atoms with van der Waals surface area (Å²) in [6, 6.07) is -5.15. The van der Waals surface area contributed by atoms with E-state index in [1.807, 2.05) is 0 Å². The molecule has 1 aromatic rings. The number of amides is 7. The zero-order valence-corrected chi connectivity index (χ0v) is 44.4. The second kappa shape index (κ2) is 33.7. The molecule has 1 heterocycles. The number of nitrogens with one attached hydrogen (secondary N) is 6. The number of aliphatic hydroxyl groups excluding tert-OH is 1. The Kier molecular flexibility index (Phi) is 28.5. The van der Waals surface area contributed by atoms with Crippen LogP contribution in [0.3, 0.4) is 0 Å². The van der Waals surface area contributed by atoms with Gasteiger partial charge in [0.15, 0.2) is 23.8 Å². The summed E-state index contributed by atoms with van der Waals surface area (Å²) < 4.78 is 0. The molecule has 436 valence electrons. The Labute approximate surface area is 452 Å². The van der Waals surface area contributed by atoms with Crippen LogP contribution in [0.25, 0.3) is 0 Å². The van der Waals surface area contributed by atoms with Gasteiger partial charge in [-0.1, -0.05) is 26.0 Å². The number of carbonyl (C=O) groups excluding carboxylic acids is 7. The number of benzene rings is 1. The van der Waals surface area contributed by atoms with E-state index < -0.39 is 102 Å². The maximum atomic E-state index is 14.6. The number of hydrogen-bond donors (Lipinski definition) is 18. The van der Waals surface area contributed by atoms with Crippen molar-refractivity contribution >= 4 is 71.2 Å². The Bertz CT molecular complexity index is 2280. The van der Waals surface area contributed by atoms with Crippen molar-refractivity contribution in [2.75, 3.05) is 32.7 Å². The van der Waals surface area contributed by atoms with E-state index in [1.54, 1.807) is 13.8 Å². The van der Waals surface area contributed by atoms with E-state index in [0.29, 0.717) is 12.0 Å². The molecule has 31 nitrogen and oxygen atoms in total. The topological polar surface area (TPSA) is 556 Å². The van der Waals surface area contributed by atoms with Gasteiger partial charge in [-0.25, -0.2) is 4.79 Å². The summed E-state index contributed by atoms with van der Waals surface area (Å²) in [5, 5.41) is 46.1. The van der Waals surface area contributed by atoms with Crippen LogP contribution in [0.5, 0.6) is 5.75 Å². The lowest BCUT2D eigenvalue weighted by atomic mass is 10.0. The second-order valence-electron chi connectivity index (χ2n) is 19.0. The van der Waals surface area contributed by atoms with E-state index in [1.165, 1.54) is 36.1 Å². The van der Waals surface area contributed by atoms with Crippen molar-refractivity contribution in [3.8, 4) is 5.75 Å². The number of nitrogens with zero attached hydrogens (tertiary/aromatic N) is 5. The average molecular weight is 1100 g/mol. The lowest BCUT2D eigenvalue weighted by Gasteiger charge is -2.32. The minimum atomic E-state index is -1.47. The van der Waals surface area contributed by atoms with Gasteiger partial charge in [0.1, 0.15) is 48.0 Å². The molecule has 1 aromatic carbocycles. The van der Waals surface area contributed by atoms with Gasteiger partial charge in [-0.15, -0.1) is 0 Å². The number of carbonyl (C=O) groups is 8. The summed E-state index contributed by atoms with van der Waals surface area (Å²) in [6.45, 7) is 4.84. The van der Waals surface area contributed by atoms with E-state index in [2.05, 4.69) is 51.9 Å². The van der Waals surface area contributed by atoms with Crippen LogP contribution < -0.4 is 83.5 Å². The number of carboxylic acid groups (broad SMARTS) is 1. The zero-order valence-electron chi connectivity index (χ0n) is 44.4. The van der Waals surface area contributed by atoms with Crippen molar-refractivity contribution in [1.29, 1.82) is 0 Å². The first-order chi connectivity index (χ1) is 36.7. The Hall–Kier alpha value is -8.22. The summed E-state index contributed by atoms with van der Waals surface area (Å²) in [7, 11) is 0. The first kappa shape index (κ1) is 65.9. The lowest BCUT2D eigenvalue weighted by Crippen LogP contribution is -2.61. The van der Waals surface area contributed by atoms with Crippen LogP contribution in [0, 0.1) is 5.92 Å². The summed E-state index contributed by atoms with van der Waals surface area (Å²) in [5.74, 6) is -8.59. The molecule has 27 N–H and O–H groups in total. The van der Waals surface area contributed by atoms with E-state index >= 15 is 0 Å². The molecule has 1 saturated heterocycles. The fraction of sp³-hybridized carbons (Fsp3) is 0.617. The molecule has 0 radical (unpaired) electrons. The molecule has 2 rings (SSSR count). The average Bonchev–Trinajstić information content (AvgIpc) is 3.87.